The fraction of sp³-hybridized carbons (Fsp3) is 0.130. The second-order valence-electron chi connectivity index (χ2n) is 6.87. The third kappa shape index (κ3) is 3.08. The summed E-state index contributed by atoms with van der Waals surface area (Å²) in [5, 5.41) is 3.05. The van der Waals surface area contributed by atoms with Gasteiger partial charge < -0.3 is 14.8 Å². The normalized spacial score (nSPS) is 12.7. The molecule has 0 fully saturated rings. The van der Waals surface area contributed by atoms with Gasteiger partial charge in [-0.2, -0.15) is 0 Å². The van der Waals surface area contributed by atoms with Crippen molar-refractivity contribution in [2.45, 2.75) is 6.92 Å². The number of pyridine rings is 1. The van der Waals surface area contributed by atoms with Crippen molar-refractivity contribution < 1.29 is 14.3 Å². The van der Waals surface area contributed by atoms with E-state index in [4.69, 9.17) is 14.5 Å². The van der Waals surface area contributed by atoms with Crippen LogP contribution in [0.2, 0.25) is 0 Å². The van der Waals surface area contributed by atoms with Crippen LogP contribution < -0.4 is 14.8 Å². The molecule has 0 saturated carbocycles. The Labute approximate surface area is 167 Å². The fourth-order valence-corrected chi connectivity index (χ4v) is 3.49. The summed E-state index contributed by atoms with van der Waals surface area (Å²) in [6, 6.07) is 19.0. The molecule has 0 spiro atoms. The lowest BCUT2D eigenvalue weighted by atomic mass is 10.1. The number of carbonyl (C=O) groups is 1. The van der Waals surface area contributed by atoms with Gasteiger partial charge in [0.25, 0.3) is 5.91 Å². The lowest BCUT2D eigenvalue weighted by Crippen LogP contribution is -2.17. The second-order valence-corrected chi connectivity index (χ2v) is 6.87. The van der Waals surface area contributed by atoms with Gasteiger partial charge >= 0.3 is 0 Å². The van der Waals surface area contributed by atoms with Crippen molar-refractivity contribution >= 4 is 17.4 Å². The molecule has 29 heavy (non-hydrogen) atoms. The Balaban J connectivity index is 1.58. The van der Waals surface area contributed by atoms with Gasteiger partial charge in [-0.25, -0.2) is 4.98 Å². The van der Waals surface area contributed by atoms with Gasteiger partial charge in [0, 0.05) is 17.3 Å². The van der Waals surface area contributed by atoms with E-state index in [2.05, 4.69) is 5.32 Å². The third-order valence-corrected chi connectivity index (χ3v) is 4.93. The Kier molecular flexibility index (Phi) is 4.17. The number of fused-ring (bicyclic) bond motifs is 2. The Morgan fingerprint density at radius 2 is 1.79 bits per heavy atom. The maximum atomic E-state index is 13.1. The first kappa shape index (κ1) is 17.3. The predicted octanol–water partition coefficient (Wildman–Crippen LogP) is 4.33. The number of amides is 1. The van der Waals surface area contributed by atoms with E-state index in [0.29, 0.717) is 36.1 Å². The molecule has 144 valence electrons. The summed E-state index contributed by atoms with van der Waals surface area (Å²) in [6.07, 6.45) is 1.90. The zero-order valence-electron chi connectivity index (χ0n) is 15.9. The fourth-order valence-electron chi connectivity index (χ4n) is 3.49. The summed E-state index contributed by atoms with van der Waals surface area (Å²) in [6.45, 7) is 2.99. The molecule has 4 aromatic rings. The van der Waals surface area contributed by atoms with Gasteiger partial charge in [0.1, 0.15) is 30.4 Å². The van der Waals surface area contributed by atoms with Gasteiger partial charge in [-0.05, 0) is 36.8 Å². The van der Waals surface area contributed by atoms with E-state index < -0.39 is 0 Å². The first-order valence-corrected chi connectivity index (χ1v) is 9.45. The average Bonchev–Trinajstić information content (AvgIpc) is 3.14. The van der Waals surface area contributed by atoms with Crippen LogP contribution in [0.5, 0.6) is 11.5 Å². The minimum atomic E-state index is -0.234. The van der Waals surface area contributed by atoms with E-state index in [9.17, 15) is 4.79 Å². The molecule has 0 unspecified atom stereocenters. The van der Waals surface area contributed by atoms with Gasteiger partial charge in [-0.15, -0.1) is 0 Å². The maximum absolute atomic E-state index is 13.1. The summed E-state index contributed by atoms with van der Waals surface area (Å²) < 4.78 is 13.1. The van der Waals surface area contributed by atoms with E-state index in [1.54, 1.807) is 18.2 Å². The number of carbonyl (C=O) groups excluding carboxylic acids is 1. The van der Waals surface area contributed by atoms with Crippen LogP contribution in [0, 0.1) is 6.92 Å². The molecule has 0 aliphatic carbocycles. The molecule has 3 heterocycles. The van der Waals surface area contributed by atoms with Gasteiger partial charge in [-0.1, -0.05) is 36.4 Å². The highest BCUT2D eigenvalue weighted by Crippen LogP contribution is 2.33. The van der Waals surface area contributed by atoms with Gasteiger partial charge in [0.05, 0.1) is 0 Å². The third-order valence-electron chi connectivity index (χ3n) is 4.93. The number of aromatic nitrogens is 2. The standard InChI is InChI=1S/C23H19N3O3/c1-15-6-5-11-26-21(15)24-20(16-7-3-2-4-8-16)22(26)25-23(27)17-9-10-18-19(14-17)29-13-12-28-18/h2-11,14H,12-13H2,1H3,(H,25,27). The summed E-state index contributed by atoms with van der Waals surface area (Å²) in [5.74, 6) is 1.64. The Morgan fingerprint density at radius 3 is 2.62 bits per heavy atom. The molecule has 0 atom stereocenters. The number of rotatable bonds is 3. The van der Waals surface area contributed by atoms with Crippen LogP contribution in [0.1, 0.15) is 15.9 Å². The minimum Gasteiger partial charge on any atom is -0.486 e. The minimum absolute atomic E-state index is 0.234. The molecule has 2 aromatic heterocycles. The second kappa shape index (κ2) is 6.98. The molecule has 1 amide bonds. The van der Waals surface area contributed by atoms with Crippen molar-refractivity contribution in [2.24, 2.45) is 0 Å². The quantitative estimate of drug-likeness (QED) is 0.570. The summed E-state index contributed by atoms with van der Waals surface area (Å²) >= 11 is 0. The highest BCUT2D eigenvalue weighted by atomic mass is 16.6. The highest BCUT2D eigenvalue weighted by molar-refractivity contribution is 6.06. The SMILES string of the molecule is Cc1cccn2c(NC(=O)c3ccc4c(c3)OCCO4)c(-c3ccccc3)nc12. The van der Waals surface area contributed by atoms with Crippen LogP contribution in [-0.4, -0.2) is 28.5 Å². The molecule has 1 aliphatic rings. The van der Waals surface area contributed by atoms with Gasteiger partial charge in [0.2, 0.25) is 0 Å². The number of hydrogen-bond acceptors (Lipinski definition) is 4. The number of hydrogen-bond donors (Lipinski definition) is 1. The van der Waals surface area contributed by atoms with E-state index in [0.717, 1.165) is 22.5 Å². The lowest BCUT2D eigenvalue weighted by Gasteiger charge is -2.18. The average molecular weight is 385 g/mol. The number of nitrogens with one attached hydrogen (secondary N) is 1. The summed E-state index contributed by atoms with van der Waals surface area (Å²) in [4.78, 5) is 17.9. The van der Waals surface area contributed by atoms with Crippen molar-refractivity contribution in [2.75, 3.05) is 18.5 Å². The van der Waals surface area contributed by atoms with Crippen LogP contribution in [0.15, 0.2) is 66.9 Å². The topological polar surface area (TPSA) is 64.9 Å². The van der Waals surface area contributed by atoms with Crippen LogP contribution >= 0.6 is 0 Å². The molecule has 6 nitrogen and oxygen atoms in total. The van der Waals surface area contributed by atoms with E-state index in [1.165, 1.54) is 0 Å². The summed E-state index contributed by atoms with van der Waals surface area (Å²) in [5.41, 5.74) is 4.00. The zero-order valence-corrected chi connectivity index (χ0v) is 15.9. The highest BCUT2D eigenvalue weighted by Gasteiger charge is 2.20. The van der Waals surface area contributed by atoms with E-state index >= 15 is 0 Å². The number of imidazole rings is 1. The Morgan fingerprint density at radius 1 is 1.00 bits per heavy atom. The van der Waals surface area contributed by atoms with E-state index in [1.807, 2.05) is 60.0 Å². The monoisotopic (exact) mass is 385 g/mol. The van der Waals surface area contributed by atoms with Crippen molar-refractivity contribution in [1.82, 2.24) is 9.38 Å². The van der Waals surface area contributed by atoms with Crippen molar-refractivity contribution in [3.05, 3.63) is 78.0 Å². The van der Waals surface area contributed by atoms with Crippen molar-refractivity contribution in [1.29, 1.82) is 0 Å². The van der Waals surface area contributed by atoms with E-state index in [-0.39, 0.29) is 5.91 Å². The molecule has 2 aromatic carbocycles. The first-order chi connectivity index (χ1) is 14.2. The Hall–Kier alpha value is -3.80. The first-order valence-electron chi connectivity index (χ1n) is 9.45. The molecular formula is C23H19N3O3. The molecule has 5 rings (SSSR count). The molecule has 0 saturated heterocycles. The van der Waals surface area contributed by atoms with Crippen LogP contribution in [0.25, 0.3) is 16.9 Å². The predicted molar refractivity (Wildman–Crippen MR) is 111 cm³/mol. The number of nitrogens with zero attached hydrogens (tertiary/aromatic N) is 2. The number of ether oxygens (including phenoxy) is 2. The van der Waals surface area contributed by atoms with Crippen LogP contribution in [0.4, 0.5) is 5.82 Å². The molecular weight excluding hydrogens is 366 g/mol. The number of aryl methyl sites for hydroxylation is 1. The van der Waals surface area contributed by atoms with Crippen LogP contribution in [-0.2, 0) is 0 Å². The smallest absolute Gasteiger partial charge is 0.256 e. The number of anilines is 1. The molecule has 1 aliphatic heterocycles. The van der Waals surface area contributed by atoms with Gasteiger partial charge in [-0.3, -0.25) is 9.20 Å². The zero-order chi connectivity index (χ0) is 19.8. The van der Waals surface area contributed by atoms with Crippen molar-refractivity contribution in [3.63, 3.8) is 0 Å². The summed E-state index contributed by atoms with van der Waals surface area (Å²) in [7, 11) is 0. The molecule has 0 bridgehead atoms. The molecule has 0 radical (unpaired) electrons. The maximum Gasteiger partial charge on any atom is 0.256 e. The lowest BCUT2D eigenvalue weighted by molar-refractivity contribution is 0.102. The largest absolute Gasteiger partial charge is 0.486 e. The molecule has 1 N–H and O–H groups in total. The molecule has 6 heteroatoms. The van der Waals surface area contributed by atoms with Gasteiger partial charge in [0.15, 0.2) is 11.5 Å². The van der Waals surface area contributed by atoms with Crippen LogP contribution in [0.3, 0.4) is 0 Å². The Bertz CT molecular complexity index is 1220. The number of benzene rings is 2. The van der Waals surface area contributed by atoms with Crippen molar-refractivity contribution in [3.8, 4) is 22.8 Å².